The molecule has 0 unspecified atom stereocenters. The van der Waals surface area contributed by atoms with Gasteiger partial charge < -0.3 is 14.8 Å². The van der Waals surface area contributed by atoms with Crippen LogP contribution < -0.4 is 14.8 Å². The maximum atomic E-state index is 13.1. The van der Waals surface area contributed by atoms with Crippen molar-refractivity contribution in [1.82, 2.24) is 9.97 Å². The number of methoxy groups -OCH3 is 1. The lowest BCUT2D eigenvalue weighted by Gasteiger charge is -2.14. The van der Waals surface area contributed by atoms with Crippen molar-refractivity contribution in [2.75, 3.05) is 12.4 Å². The molecule has 0 fully saturated rings. The summed E-state index contributed by atoms with van der Waals surface area (Å²) < 4.78 is 11.4. The van der Waals surface area contributed by atoms with Gasteiger partial charge in [0.15, 0.2) is 11.5 Å². The molecule has 2 heterocycles. The molecule has 0 saturated carbocycles. The van der Waals surface area contributed by atoms with Gasteiger partial charge in [-0.2, -0.15) is 0 Å². The van der Waals surface area contributed by atoms with Crippen molar-refractivity contribution in [3.05, 3.63) is 102 Å². The molecule has 0 aliphatic heterocycles. The van der Waals surface area contributed by atoms with E-state index in [9.17, 15) is 4.79 Å². The smallest absolute Gasteiger partial charge is 0.258 e. The standard InChI is InChI=1S/C27H25N3O3S/c1-18-6-8-22(15-19(18)2)34-27-23(5-4-12-29-27)26(31)30-21-7-9-24(32-3)25(16-21)33-17-20-10-13-28-14-11-20/h4-16H,17H2,1-3H3,(H,30,31). The van der Waals surface area contributed by atoms with Gasteiger partial charge in [-0.1, -0.05) is 17.8 Å². The van der Waals surface area contributed by atoms with Crippen LogP contribution in [-0.2, 0) is 6.61 Å². The van der Waals surface area contributed by atoms with Crippen molar-refractivity contribution in [3.8, 4) is 11.5 Å². The maximum absolute atomic E-state index is 13.1. The number of anilines is 1. The van der Waals surface area contributed by atoms with Gasteiger partial charge in [0.05, 0.1) is 12.7 Å². The van der Waals surface area contributed by atoms with Crippen LogP contribution in [-0.4, -0.2) is 23.0 Å². The van der Waals surface area contributed by atoms with E-state index < -0.39 is 0 Å². The molecule has 4 aromatic rings. The Labute approximate surface area is 203 Å². The van der Waals surface area contributed by atoms with Crippen LogP contribution in [0.2, 0.25) is 0 Å². The SMILES string of the molecule is COc1ccc(NC(=O)c2cccnc2Sc2ccc(C)c(C)c2)cc1OCc1ccncc1. The fourth-order valence-electron chi connectivity index (χ4n) is 3.24. The van der Waals surface area contributed by atoms with Gasteiger partial charge in [0.1, 0.15) is 11.6 Å². The van der Waals surface area contributed by atoms with E-state index in [1.807, 2.05) is 18.2 Å². The number of nitrogens with one attached hydrogen (secondary N) is 1. The summed E-state index contributed by atoms with van der Waals surface area (Å²) in [6.07, 6.45) is 5.13. The van der Waals surface area contributed by atoms with Gasteiger partial charge in [-0.15, -0.1) is 0 Å². The second kappa shape index (κ2) is 10.9. The molecule has 0 bridgehead atoms. The molecule has 172 valence electrons. The average Bonchev–Trinajstić information content (AvgIpc) is 2.86. The largest absolute Gasteiger partial charge is 0.493 e. The number of hydrogen-bond acceptors (Lipinski definition) is 6. The molecule has 0 aliphatic carbocycles. The number of rotatable bonds is 8. The Kier molecular flexibility index (Phi) is 7.44. The molecule has 0 aliphatic rings. The van der Waals surface area contributed by atoms with Crippen molar-refractivity contribution >= 4 is 23.4 Å². The predicted octanol–water partition coefficient (Wildman–Crippen LogP) is 6.08. The van der Waals surface area contributed by atoms with Crippen LogP contribution >= 0.6 is 11.8 Å². The number of amides is 1. The first kappa shape index (κ1) is 23.3. The summed E-state index contributed by atoms with van der Waals surface area (Å²) in [7, 11) is 1.58. The zero-order valence-electron chi connectivity index (χ0n) is 19.2. The maximum Gasteiger partial charge on any atom is 0.258 e. The van der Waals surface area contributed by atoms with E-state index >= 15 is 0 Å². The minimum Gasteiger partial charge on any atom is -0.493 e. The van der Waals surface area contributed by atoms with Crippen molar-refractivity contribution in [2.45, 2.75) is 30.4 Å². The van der Waals surface area contributed by atoms with E-state index in [2.05, 4.69) is 41.3 Å². The number of ether oxygens (including phenoxy) is 2. The first-order valence-electron chi connectivity index (χ1n) is 10.7. The minimum atomic E-state index is -0.246. The lowest BCUT2D eigenvalue weighted by molar-refractivity contribution is 0.102. The number of carbonyl (C=O) groups is 1. The summed E-state index contributed by atoms with van der Waals surface area (Å²) in [5.41, 5.74) is 4.51. The number of carbonyl (C=O) groups excluding carboxylic acids is 1. The summed E-state index contributed by atoms with van der Waals surface area (Å²) in [6, 6.07) is 18.8. The van der Waals surface area contributed by atoms with Gasteiger partial charge in [0.25, 0.3) is 5.91 Å². The normalized spacial score (nSPS) is 10.6. The Morgan fingerprint density at radius 1 is 0.941 bits per heavy atom. The van der Waals surface area contributed by atoms with Gasteiger partial charge in [0.2, 0.25) is 0 Å². The summed E-state index contributed by atoms with van der Waals surface area (Å²) >= 11 is 1.47. The van der Waals surface area contributed by atoms with E-state index in [1.54, 1.807) is 56.0 Å². The molecule has 4 rings (SSSR count). The first-order chi connectivity index (χ1) is 16.5. The molecule has 34 heavy (non-hydrogen) atoms. The molecule has 0 atom stereocenters. The van der Waals surface area contributed by atoms with Gasteiger partial charge in [-0.05, 0) is 79.1 Å². The highest BCUT2D eigenvalue weighted by Crippen LogP contribution is 2.33. The van der Waals surface area contributed by atoms with Crippen molar-refractivity contribution < 1.29 is 14.3 Å². The average molecular weight is 472 g/mol. The van der Waals surface area contributed by atoms with E-state index in [0.717, 1.165) is 10.5 Å². The van der Waals surface area contributed by atoms with Crippen LogP contribution in [0.15, 0.2) is 89.2 Å². The van der Waals surface area contributed by atoms with Crippen LogP contribution in [0.1, 0.15) is 27.0 Å². The van der Waals surface area contributed by atoms with E-state index in [-0.39, 0.29) is 5.91 Å². The van der Waals surface area contributed by atoms with Gasteiger partial charge in [-0.25, -0.2) is 4.98 Å². The summed E-state index contributed by atoms with van der Waals surface area (Å²) in [5, 5.41) is 3.60. The number of aryl methyl sites for hydroxylation is 2. The van der Waals surface area contributed by atoms with E-state index in [0.29, 0.717) is 34.4 Å². The molecular weight excluding hydrogens is 446 g/mol. The third-order valence-electron chi connectivity index (χ3n) is 5.27. The highest BCUT2D eigenvalue weighted by atomic mass is 32.2. The number of hydrogen-bond donors (Lipinski definition) is 1. The summed E-state index contributed by atoms with van der Waals surface area (Å²) in [6.45, 7) is 4.51. The topological polar surface area (TPSA) is 73.3 Å². The second-order valence-corrected chi connectivity index (χ2v) is 8.73. The van der Waals surface area contributed by atoms with Gasteiger partial charge in [-0.3, -0.25) is 9.78 Å². The molecule has 0 radical (unpaired) electrons. The fraction of sp³-hybridized carbons (Fsp3) is 0.148. The quantitative estimate of drug-likeness (QED) is 0.335. The molecular formula is C27H25N3O3S. The zero-order chi connectivity index (χ0) is 23.9. The Morgan fingerprint density at radius 3 is 2.53 bits per heavy atom. The summed E-state index contributed by atoms with van der Waals surface area (Å²) in [4.78, 5) is 22.6. The predicted molar refractivity (Wildman–Crippen MR) is 134 cm³/mol. The molecule has 0 spiro atoms. The Hall–Kier alpha value is -3.84. The van der Waals surface area contributed by atoms with Crippen LogP contribution in [0.3, 0.4) is 0 Å². The monoisotopic (exact) mass is 471 g/mol. The first-order valence-corrected chi connectivity index (χ1v) is 11.6. The van der Waals surface area contributed by atoms with E-state index in [4.69, 9.17) is 9.47 Å². The lowest BCUT2D eigenvalue weighted by Crippen LogP contribution is -2.13. The number of benzene rings is 2. The van der Waals surface area contributed by atoms with Crippen molar-refractivity contribution in [2.24, 2.45) is 0 Å². The molecule has 7 heteroatoms. The number of pyridine rings is 2. The second-order valence-electron chi connectivity index (χ2n) is 7.67. The Bertz CT molecular complexity index is 1300. The van der Waals surface area contributed by atoms with Crippen LogP contribution in [0.5, 0.6) is 11.5 Å². The molecule has 1 amide bonds. The molecule has 1 N–H and O–H groups in total. The fourth-order valence-corrected chi connectivity index (χ4v) is 4.22. The third kappa shape index (κ3) is 5.74. The van der Waals surface area contributed by atoms with Gasteiger partial charge >= 0.3 is 0 Å². The van der Waals surface area contributed by atoms with Crippen molar-refractivity contribution in [1.29, 1.82) is 0 Å². The third-order valence-corrected chi connectivity index (χ3v) is 6.28. The highest BCUT2D eigenvalue weighted by Gasteiger charge is 2.15. The summed E-state index contributed by atoms with van der Waals surface area (Å²) in [5.74, 6) is 0.872. The lowest BCUT2D eigenvalue weighted by atomic mass is 10.1. The Morgan fingerprint density at radius 2 is 1.76 bits per heavy atom. The zero-order valence-corrected chi connectivity index (χ0v) is 20.1. The molecule has 0 saturated heterocycles. The molecule has 6 nitrogen and oxygen atoms in total. The van der Waals surface area contributed by atoms with Crippen LogP contribution in [0, 0.1) is 13.8 Å². The van der Waals surface area contributed by atoms with Crippen molar-refractivity contribution in [3.63, 3.8) is 0 Å². The van der Waals surface area contributed by atoms with E-state index in [1.165, 1.54) is 22.9 Å². The number of aromatic nitrogens is 2. The van der Waals surface area contributed by atoms with Crippen LogP contribution in [0.4, 0.5) is 5.69 Å². The van der Waals surface area contributed by atoms with Gasteiger partial charge in [0, 0.05) is 35.2 Å². The molecule has 2 aromatic heterocycles. The number of nitrogens with zero attached hydrogens (tertiary/aromatic N) is 2. The highest BCUT2D eigenvalue weighted by molar-refractivity contribution is 7.99. The minimum absolute atomic E-state index is 0.246. The molecule has 2 aromatic carbocycles. The Balaban J connectivity index is 1.52. The van der Waals surface area contributed by atoms with Crippen LogP contribution in [0.25, 0.3) is 0 Å².